The smallest absolute Gasteiger partial charge is 0.305 e. The Kier molecular flexibility index (Phi) is 24.9. The van der Waals surface area contributed by atoms with Gasteiger partial charge in [-0.3, -0.25) is 4.79 Å². The highest BCUT2D eigenvalue weighted by molar-refractivity contribution is 5.69. The third kappa shape index (κ3) is 25.4. The highest BCUT2D eigenvalue weighted by atomic mass is 16.5. The van der Waals surface area contributed by atoms with Gasteiger partial charge in [-0.25, -0.2) is 0 Å². The summed E-state index contributed by atoms with van der Waals surface area (Å²) in [6.45, 7) is 7.76. The number of hydrogen-bond acceptors (Lipinski definition) is 4. The van der Waals surface area contributed by atoms with Crippen LogP contribution in [0.2, 0.25) is 0 Å². The van der Waals surface area contributed by atoms with Gasteiger partial charge in [0.25, 0.3) is 0 Å². The number of unbranched alkanes of at least 4 members (excludes halogenated alkanes) is 13. The van der Waals surface area contributed by atoms with E-state index in [-0.39, 0.29) is 5.97 Å². The van der Waals surface area contributed by atoms with Crippen molar-refractivity contribution in [1.29, 1.82) is 0 Å². The summed E-state index contributed by atoms with van der Waals surface area (Å²) in [6.07, 6.45) is 20.5. The van der Waals surface area contributed by atoms with Crippen molar-refractivity contribution in [2.45, 2.75) is 123 Å². The van der Waals surface area contributed by atoms with Crippen molar-refractivity contribution in [3.05, 3.63) is 0 Å². The Hall–Kier alpha value is -0.610. The molecule has 0 spiro atoms. The minimum absolute atomic E-state index is 0.0900. The van der Waals surface area contributed by atoms with E-state index in [4.69, 9.17) is 14.2 Å². The second kappa shape index (κ2) is 25.4. The Morgan fingerprint density at radius 3 is 1.41 bits per heavy atom. The van der Waals surface area contributed by atoms with Crippen molar-refractivity contribution < 1.29 is 19.0 Å². The first-order valence-electron chi connectivity index (χ1n) is 12.6. The zero-order valence-corrected chi connectivity index (χ0v) is 19.7. The molecule has 0 aliphatic carbocycles. The third-order valence-electron chi connectivity index (χ3n) is 5.19. The average Bonchev–Trinajstić information content (AvgIpc) is 2.72. The second-order valence-electron chi connectivity index (χ2n) is 8.14. The molecule has 0 aromatic heterocycles. The zero-order valence-electron chi connectivity index (χ0n) is 19.7. The molecule has 4 nitrogen and oxygen atoms in total. The van der Waals surface area contributed by atoms with Crippen LogP contribution in [0.4, 0.5) is 0 Å². The second-order valence-corrected chi connectivity index (χ2v) is 8.14. The van der Waals surface area contributed by atoms with E-state index in [1.54, 1.807) is 0 Å². The molecule has 0 aliphatic heterocycles. The number of carbonyl (C=O) groups excluding carboxylic acids is 1. The van der Waals surface area contributed by atoms with Crippen LogP contribution in [-0.4, -0.2) is 39.0 Å². The maximum atomic E-state index is 11.7. The van der Waals surface area contributed by atoms with Crippen LogP contribution in [0.1, 0.15) is 123 Å². The van der Waals surface area contributed by atoms with Gasteiger partial charge in [0.2, 0.25) is 0 Å². The van der Waals surface area contributed by atoms with Gasteiger partial charge in [-0.1, -0.05) is 97.3 Å². The van der Waals surface area contributed by atoms with Gasteiger partial charge >= 0.3 is 5.97 Å². The summed E-state index contributed by atoms with van der Waals surface area (Å²) in [6, 6.07) is 0. The molecule has 0 aromatic carbocycles. The minimum atomic E-state index is -0.0900. The molecule has 0 unspecified atom stereocenters. The topological polar surface area (TPSA) is 44.8 Å². The van der Waals surface area contributed by atoms with Crippen LogP contribution in [0.5, 0.6) is 0 Å². The first-order valence-corrected chi connectivity index (χ1v) is 12.6. The standard InChI is InChI=1S/C25H50O4/c1-3-5-7-9-10-11-12-13-15-17-22-29-25(26)19-18-21-28-24-23-27-20-16-14-8-6-4-2/h3-24H2,1-2H3. The van der Waals surface area contributed by atoms with Crippen LogP contribution in [0.15, 0.2) is 0 Å². The summed E-state index contributed by atoms with van der Waals surface area (Å²) >= 11 is 0. The van der Waals surface area contributed by atoms with Crippen molar-refractivity contribution in [1.82, 2.24) is 0 Å². The van der Waals surface area contributed by atoms with Crippen molar-refractivity contribution in [2.24, 2.45) is 0 Å². The molecule has 29 heavy (non-hydrogen) atoms. The maximum Gasteiger partial charge on any atom is 0.305 e. The van der Waals surface area contributed by atoms with Gasteiger partial charge in [0.1, 0.15) is 0 Å². The molecule has 0 heterocycles. The summed E-state index contributed by atoms with van der Waals surface area (Å²) in [7, 11) is 0. The summed E-state index contributed by atoms with van der Waals surface area (Å²) in [5.41, 5.74) is 0. The van der Waals surface area contributed by atoms with E-state index in [1.807, 2.05) is 0 Å². The van der Waals surface area contributed by atoms with Crippen LogP contribution in [0, 0.1) is 0 Å². The van der Waals surface area contributed by atoms with Crippen LogP contribution in [0.3, 0.4) is 0 Å². The first-order chi connectivity index (χ1) is 14.3. The van der Waals surface area contributed by atoms with Crippen LogP contribution >= 0.6 is 0 Å². The molecule has 0 saturated carbocycles. The van der Waals surface area contributed by atoms with E-state index in [9.17, 15) is 4.79 Å². The number of hydrogen-bond donors (Lipinski definition) is 0. The van der Waals surface area contributed by atoms with E-state index in [0.717, 1.165) is 25.9 Å². The fraction of sp³-hybridized carbons (Fsp3) is 0.960. The van der Waals surface area contributed by atoms with Crippen molar-refractivity contribution in [3.63, 3.8) is 0 Å². The Morgan fingerprint density at radius 1 is 0.483 bits per heavy atom. The number of rotatable bonds is 24. The van der Waals surface area contributed by atoms with Gasteiger partial charge in [0.05, 0.1) is 19.8 Å². The van der Waals surface area contributed by atoms with Gasteiger partial charge in [0, 0.05) is 19.6 Å². The van der Waals surface area contributed by atoms with Gasteiger partial charge in [-0.15, -0.1) is 0 Å². The van der Waals surface area contributed by atoms with E-state index >= 15 is 0 Å². The zero-order chi connectivity index (χ0) is 21.3. The van der Waals surface area contributed by atoms with E-state index in [0.29, 0.717) is 32.8 Å². The Morgan fingerprint density at radius 2 is 0.897 bits per heavy atom. The van der Waals surface area contributed by atoms with E-state index in [1.165, 1.54) is 83.5 Å². The third-order valence-corrected chi connectivity index (χ3v) is 5.19. The van der Waals surface area contributed by atoms with Crippen molar-refractivity contribution >= 4 is 5.97 Å². The lowest BCUT2D eigenvalue weighted by atomic mass is 10.1. The molecule has 0 N–H and O–H groups in total. The number of carbonyl (C=O) groups is 1. The van der Waals surface area contributed by atoms with Gasteiger partial charge in [0.15, 0.2) is 0 Å². The molecule has 0 aliphatic rings. The molecule has 0 saturated heterocycles. The molecular formula is C25H50O4. The fourth-order valence-electron chi connectivity index (χ4n) is 3.30. The van der Waals surface area contributed by atoms with Gasteiger partial charge in [-0.05, 0) is 19.3 Å². The first kappa shape index (κ1) is 28.4. The highest BCUT2D eigenvalue weighted by Gasteiger charge is 2.02. The summed E-state index contributed by atoms with van der Waals surface area (Å²) in [5, 5.41) is 0. The summed E-state index contributed by atoms with van der Waals surface area (Å²) in [4.78, 5) is 11.7. The SMILES string of the molecule is CCCCCCCCCCCCOC(=O)CCCOCCOCCCCCCC. The largest absolute Gasteiger partial charge is 0.466 e. The Balaban J connectivity index is 3.13. The number of ether oxygens (including phenoxy) is 3. The molecule has 0 aromatic rings. The maximum absolute atomic E-state index is 11.7. The lowest BCUT2D eigenvalue weighted by Gasteiger charge is -2.07. The van der Waals surface area contributed by atoms with Crippen LogP contribution < -0.4 is 0 Å². The molecule has 0 radical (unpaired) electrons. The van der Waals surface area contributed by atoms with Crippen molar-refractivity contribution in [3.8, 4) is 0 Å². The molecule has 0 amide bonds. The van der Waals surface area contributed by atoms with Gasteiger partial charge < -0.3 is 14.2 Å². The van der Waals surface area contributed by atoms with Crippen molar-refractivity contribution in [2.75, 3.05) is 33.0 Å². The lowest BCUT2D eigenvalue weighted by molar-refractivity contribution is -0.144. The predicted molar refractivity (Wildman–Crippen MR) is 122 cm³/mol. The molecule has 0 bridgehead atoms. The normalized spacial score (nSPS) is 11.1. The van der Waals surface area contributed by atoms with E-state index < -0.39 is 0 Å². The monoisotopic (exact) mass is 414 g/mol. The summed E-state index contributed by atoms with van der Waals surface area (Å²) < 4.78 is 16.3. The molecule has 174 valence electrons. The quantitative estimate of drug-likeness (QED) is 0.123. The fourth-order valence-corrected chi connectivity index (χ4v) is 3.30. The highest BCUT2D eigenvalue weighted by Crippen LogP contribution is 2.10. The Labute approximate surface area is 181 Å². The molecular weight excluding hydrogens is 364 g/mol. The molecule has 0 fully saturated rings. The summed E-state index contributed by atoms with van der Waals surface area (Å²) in [5.74, 6) is -0.0900. The molecule has 4 heteroatoms. The molecule has 0 atom stereocenters. The number of esters is 1. The Bertz CT molecular complexity index is 320. The minimum Gasteiger partial charge on any atom is -0.466 e. The van der Waals surface area contributed by atoms with Gasteiger partial charge in [-0.2, -0.15) is 0 Å². The molecule has 0 rings (SSSR count). The lowest BCUT2D eigenvalue weighted by Crippen LogP contribution is -2.09. The van der Waals surface area contributed by atoms with E-state index in [2.05, 4.69) is 13.8 Å². The van der Waals surface area contributed by atoms with Crippen LogP contribution in [0.25, 0.3) is 0 Å². The average molecular weight is 415 g/mol. The predicted octanol–water partition coefficient (Wildman–Crippen LogP) is 7.23. The van der Waals surface area contributed by atoms with Crippen LogP contribution in [-0.2, 0) is 19.0 Å².